The lowest BCUT2D eigenvalue weighted by atomic mass is 10.1. The van der Waals surface area contributed by atoms with E-state index < -0.39 is 35.3 Å². The van der Waals surface area contributed by atoms with Crippen LogP contribution in [0.15, 0.2) is 30.5 Å². The van der Waals surface area contributed by atoms with Gasteiger partial charge in [0.05, 0.1) is 39.7 Å². The summed E-state index contributed by atoms with van der Waals surface area (Å²) >= 11 is 0. The van der Waals surface area contributed by atoms with Gasteiger partial charge in [-0.05, 0) is 13.0 Å². The van der Waals surface area contributed by atoms with Gasteiger partial charge in [-0.3, -0.25) is 14.7 Å². The summed E-state index contributed by atoms with van der Waals surface area (Å²) in [7, 11) is 2.54. The third-order valence-corrected chi connectivity index (χ3v) is 6.82. The maximum atomic E-state index is 15.2. The van der Waals surface area contributed by atoms with Crippen molar-refractivity contribution in [2.45, 2.75) is 20.0 Å². The quantitative estimate of drug-likeness (QED) is 0.326. The number of carboxylic acids is 2. The van der Waals surface area contributed by atoms with Crippen molar-refractivity contribution in [3.8, 4) is 11.5 Å². The van der Waals surface area contributed by atoms with Gasteiger partial charge < -0.3 is 29.4 Å². The van der Waals surface area contributed by atoms with E-state index in [1.165, 1.54) is 19.1 Å². The molecule has 2 aliphatic heterocycles. The van der Waals surface area contributed by atoms with Crippen molar-refractivity contribution in [2.24, 2.45) is 0 Å². The van der Waals surface area contributed by atoms with Crippen molar-refractivity contribution in [3.63, 3.8) is 0 Å². The summed E-state index contributed by atoms with van der Waals surface area (Å²) < 4.78 is 46.0. The van der Waals surface area contributed by atoms with E-state index in [2.05, 4.69) is 14.9 Å². The molecule has 4 heterocycles. The summed E-state index contributed by atoms with van der Waals surface area (Å²) in [5, 5.41) is 16.4. The minimum Gasteiger partial charge on any atom is -0.493 e. The minimum atomic E-state index is -1.26. The van der Waals surface area contributed by atoms with Crippen LogP contribution in [0.4, 0.5) is 25.0 Å². The Balaban J connectivity index is 0.000000467. The van der Waals surface area contributed by atoms with E-state index in [1.807, 2.05) is 13.0 Å². The minimum absolute atomic E-state index is 0.0538. The lowest BCUT2D eigenvalue weighted by Gasteiger charge is -2.37. The second-order valence-electron chi connectivity index (χ2n) is 9.46. The maximum Gasteiger partial charge on any atom is 0.329 e. The van der Waals surface area contributed by atoms with Crippen LogP contribution in [0.25, 0.3) is 11.0 Å². The van der Waals surface area contributed by atoms with Crippen LogP contribution in [0.5, 0.6) is 11.5 Å². The molecule has 43 heavy (non-hydrogen) atoms. The van der Waals surface area contributed by atoms with Crippen molar-refractivity contribution >= 4 is 40.4 Å². The SMILES string of the molecule is CCN1C(=O)N(c2c(F)c(OC)cc(OC)c2F)Cc2cnc3[nH]c(CN4CCOCC4)cc3c21.O=C(O)/C=C/C(=O)O. The third kappa shape index (κ3) is 6.67. The first-order valence-electron chi connectivity index (χ1n) is 13.2. The highest BCUT2D eigenvalue weighted by Gasteiger charge is 2.37. The number of methoxy groups -OCH3 is 2. The number of halogens is 2. The lowest BCUT2D eigenvalue weighted by Crippen LogP contribution is -2.48. The molecule has 5 rings (SSSR count). The fourth-order valence-electron chi connectivity index (χ4n) is 4.88. The van der Waals surface area contributed by atoms with Crippen molar-refractivity contribution in [1.82, 2.24) is 14.9 Å². The van der Waals surface area contributed by atoms with Crippen molar-refractivity contribution in [1.29, 1.82) is 0 Å². The van der Waals surface area contributed by atoms with Gasteiger partial charge in [-0.2, -0.15) is 0 Å². The summed E-state index contributed by atoms with van der Waals surface area (Å²) in [6.07, 6.45) is 2.76. The molecule has 15 heteroatoms. The highest BCUT2D eigenvalue weighted by molar-refractivity contribution is 6.11. The fraction of sp³-hybridized carbons (Fsp3) is 0.357. The summed E-state index contributed by atoms with van der Waals surface area (Å²) in [4.78, 5) is 45.4. The number of hydrogen-bond acceptors (Lipinski definition) is 8. The lowest BCUT2D eigenvalue weighted by molar-refractivity contribution is -0.134. The molecule has 3 N–H and O–H groups in total. The van der Waals surface area contributed by atoms with Gasteiger partial charge in [0.2, 0.25) is 0 Å². The number of aromatic amines is 1. The van der Waals surface area contributed by atoms with E-state index in [1.54, 1.807) is 6.20 Å². The average Bonchev–Trinajstić information content (AvgIpc) is 3.40. The van der Waals surface area contributed by atoms with Gasteiger partial charge in [0.15, 0.2) is 23.1 Å². The Morgan fingerprint density at radius 1 is 1.05 bits per heavy atom. The molecule has 230 valence electrons. The molecule has 3 aromatic rings. The van der Waals surface area contributed by atoms with Crippen LogP contribution in [0.1, 0.15) is 18.2 Å². The number of benzene rings is 1. The summed E-state index contributed by atoms with van der Waals surface area (Å²) in [6.45, 7) is 5.86. The standard InChI is InChI=1S/C24H27F2N5O4.C4H4O4/c1-4-30-21-14(11-27-23-16(21)9-15(28-23)13-29-5-7-35-8-6-29)12-31(24(30)32)22-19(25)17(33-2)10-18(34-3)20(22)26;5-3(6)1-2-4(7)8/h9-11H,4-8,12-13H2,1-3H3,(H,27,28);1-2H,(H,5,6)(H,7,8)/b;2-1+. The molecule has 0 atom stereocenters. The van der Waals surface area contributed by atoms with Crippen molar-refractivity contribution < 1.29 is 47.6 Å². The third-order valence-electron chi connectivity index (χ3n) is 6.82. The number of anilines is 2. The van der Waals surface area contributed by atoms with Gasteiger partial charge in [0.25, 0.3) is 0 Å². The number of ether oxygens (including phenoxy) is 3. The first-order chi connectivity index (χ1) is 20.6. The number of nitrogens with zero attached hydrogens (tertiary/aromatic N) is 4. The first kappa shape index (κ1) is 31.2. The maximum absolute atomic E-state index is 15.2. The number of rotatable bonds is 8. The highest BCUT2D eigenvalue weighted by atomic mass is 19.1. The summed E-state index contributed by atoms with van der Waals surface area (Å²) in [5.41, 5.74) is 2.49. The van der Waals surface area contributed by atoms with Crippen LogP contribution in [0.2, 0.25) is 0 Å². The number of morpholine rings is 1. The number of carbonyl (C=O) groups is 3. The Morgan fingerprint density at radius 3 is 2.19 bits per heavy atom. The molecule has 0 spiro atoms. The molecule has 2 amide bonds. The monoisotopic (exact) mass is 603 g/mol. The zero-order valence-corrected chi connectivity index (χ0v) is 23.7. The van der Waals surface area contributed by atoms with Crippen LogP contribution in [0.3, 0.4) is 0 Å². The van der Waals surface area contributed by atoms with Crippen LogP contribution in [-0.2, 0) is 27.4 Å². The molecule has 0 radical (unpaired) electrons. The molecular weight excluding hydrogens is 572 g/mol. The molecule has 0 bridgehead atoms. The van der Waals surface area contributed by atoms with E-state index in [0.29, 0.717) is 55.4 Å². The number of aromatic nitrogens is 2. The molecule has 2 aliphatic rings. The zero-order chi connectivity index (χ0) is 31.3. The normalized spacial score (nSPS) is 15.3. The molecule has 13 nitrogen and oxygen atoms in total. The average molecular weight is 604 g/mol. The molecule has 1 saturated heterocycles. The summed E-state index contributed by atoms with van der Waals surface area (Å²) in [6, 6.07) is 2.57. The van der Waals surface area contributed by atoms with Gasteiger partial charge >= 0.3 is 18.0 Å². The van der Waals surface area contributed by atoms with Gasteiger partial charge in [-0.25, -0.2) is 28.1 Å². The van der Waals surface area contributed by atoms with Gasteiger partial charge in [-0.15, -0.1) is 0 Å². The number of fused-ring (bicyclic) bond motifs is 3. The molecule has 0 saturated carbocycles. The molecule has 0 aliphatic carbocycles. The molecule has 1 aromatic carbocycles. The molecule has 1 fully saturated rings. The van der Waals surface area contributed by atoms with Crippen molar-refractivity contribution in [3.05, 3.63) is 53.4 Å². The predicted molar refractivity (Wildman–Crippen MR) is 151 cm³/mol. The zero-order valence-electron chi connectivity index (χ0n) is 23.7. The van der Waals surface area contributed by atoms with Gasteiger partial charge in [0, 0.05) is 67.2 Å². The number of urea groups is 1. The van der Waals surface area contributed by atoms with Gasteiger partial charge in [0.1, 0.15) is 11.3 Å². The van der Waals surface area contributed by atoms with Crippen molar-refractivity contribution in [2.75, 3.05) is 56.9 Å². The Bertz CT molecular complexity index is 1510. The van der Waals surface area contributed by atoms with Crippen LogP contribution >= 0.6 is 0 Å². The largest absolute Gasteiger partial charge is 0.493 e. The second-order valence-corrected chi connectivity index (χ2v) is 9.46. The van der Waals surface area contributed by atoms with Crippen LogP contribution < -0.4 is 19.3 Å². The number of H-pyrrole nitrogens is 1. The Hall–Kier alpha value is -4.76. The van der Waals surface area contributed by atoms with E-state index in [0.717, 1.165) is 35.1 Å². The van der Waals surface area contributed by atoms with E-state index >= 15 is 8.78 Å². The second kappa shape index (κ2) is 13.5. The number of pyridine rings is 1. The summed E-state index contributed by atoms with van der Waals surface area (Å²) in [5.74, 6) is -4.89. The molecule has 2 aromatic heterocycles. The van der Waals surface area contributed by atoms with E-state index in [9.17, 15) is 14.4 Å². The number of hydrogen-bond donors (Lipinski definition) is 3. The van der Waals surface area contributed by atoms with Gasteiger partial charge in [-0.1, -0.05) is 0 Å². The first-order valence-corrected chi connectivity index (χ1v) is 13.2. The Kier molecular flexibility index (Phi) is 9.77. The van der Waals surface area contributed by atoms with E-state index in [-0.39, 0.29) is 18.0 Å². The van der Waals surface area contributed by atoms with Crippen LogP contribution in [0, 0.1) is 11.6 Å². The Morgan fingerprint density at radius 2 is 1.65 bits per heavy atom. The smallest absolute Gasteiger partial charge is 0.329 e. The Labute approximate surface area is 244 Å². The number of carbonyl (C=O) groups excluding carboxylic acids is 1. The molecular formula is C28H31F2N5O8. The number of nitrogens with one attached hydrogen (secondary N) is 1. The number of carboxylic acid groups (broad SMARTS) is 2. The fourth-order valence-corrected chi connectivity index (χ4v) is 4.88. The topological polar surface area (TPSA) is 158 Å². The molecule has 0 unspecified atom stereocenters. The predicted octanol–water partition coefficient (Wildman–Crippen LogP) is 3.37. The van der Waals surface area contributed by atoms with Crippen LogP contribution in [-0.4, -0.2) is 90.1 Å². The number of aliphatic carboxylic acids is 2. The number of amides is 2. The highest BCUT2D eigenvalue weighted by Crippen LogP contribution is 2.42. The van der Waals surface area contributed by atoms with E-state index in [4.69, 9.17) is 24.4 Å².